The van der Waals surface area contributed by atoms with Crippen LogP contribution in [-0.4, -0.2) is 0 Å². The van der Waals surface area contributed by atoms with Gasteiger partial charge in [0.25, 0.3) is 0 Å². The SMILES string of the molecule is CCc1ccc(CC(N)c2ccc(C)cc2Cl)s1. The van der Waals surface area contributed by atoms with Gasteiger partial charge in [0, 0.05) is 27.2 Å². The normalized spacial score (nSPS) is 12.7. The van der Waals surface area contributed by atoms with E-state index in [-0.39, 0.29) is 6.04 Å². The van der Waals surface area contributed by atoms with Crippen LogP contribution in [0.15, 0.2) is 30.3 Å². The number of thiophene rings is 1. The summed E-state index contributed by atoms with van der Waals surface area (Å²) in [5.41, 5.74) is 8.45. The van der Waals surface area contributed by atoms with Crippen molar-refractivity contribution in [2.45, 2.75) is 32.7 Å². The van der Waals surface area contributed by atoms with Crippen molar-refractivity contribution in [3.05, 3.63) is 56.2 Å². The lowest BCUT2D eigenvalue weighted by atomic mass is 10.0. The van der Waals surface area contributed by atoms with Crippen LogP contribution >= 0.6 is 22.9 Å². The van der Waals surface area contributed by atoms with Crippen LogP contribution in [-0.2, 0) is 12.8 Å². The molecule has 0 bridgehead atoms. The Labute approximate surface area is 118 Å². The van der Waals surface area contributed by atoms with E-state index in [9.17, 15) is 0 Å². The van der Waals surface area contributed by atoms with Gasteiger partial charge in [-0.3, -0.25) is 0 Å². The van der Waals surface area contributed by atoms with E-state index in [2.05, 4.69) is 25.1 Å². The summed E-state index contributed by atoms with van der Waals surface area (Å²) >= 11 is 8.09. The standard InChI is InChI=1S/C15H18ClNS/c1-3-11-5-6-12(18-11)9-15(17)13-7-4-10(2)8-14(13)16/h4-8,15H,3,9,17H2,1-2H3. The zero-order valence-corrected chi connectivity index (χ0v) is 12.3. The maximum atomic E-state index is 6.25. The van der Waals surface area contributed by atoms with E-state index in [1.165, 1.54) is 15.3 Å². The van der Waals surface area contributed by atoms with Crippen molar-refractivity contribution < 1.29 is 0 Å². The van der Waals surface area contributed by atoms with E-state index < -0.39 is 0 Å². The van der Waals surface area contributed by atoms with Crippen molar-refractivity contribution in [3.8, 4) is 0 Å². The van der Waals surface area contributed by atoms with Crippen LogP contribution < -0.4 is 5.73 Å². The van der Waals surface area contributed by atoms with E-state index in [0.29, 0.717) is 0 Å². The molecule has 0 amide bonds. The second-order valence-corrected chi connectivity index (χ2v) is 6.22. The van der Waals surface area contributed by atoms with Gasteiger partial charge in [-0.1, -0.05) is 30.7 Å². The molecule has 3 heteroatoms. The summed E-state index contributed by atoms with van der Waals surface area (Å²) < 4.78 is 0. The summed E-state index contributed by atoms with van der Waals surface area (Å²) in [4.78, 5) is 2.74. The third kappa shape index (κ3) is 3.14. The van der Waals surface area contributed by atoms with Gasteiger partial charge in [0.05, 0.1) is 0 Å². The predicted molar refractivity (Wildman–Crippen MR) is 80.5 cm³/mol. The van der Waals surface area contributed by atoms with Gasteiger partial charge in [0.1, 0.15) is 0 Å². The first-order valence-corrected chi connectivity index (χ1v) is 7.38. The summed E-state index contributed by atoms with van der Waals surface area (Å²) in [7, 11) is 0. The van der Waals surface area contributed by atoms with Crippen molar-refractivity contribution in [1.29, 1.82) is 0 Å². The van der Waals surface area contributed by atoms with Crippen LogP contribution in [0.5, 0.6) is 0 Å². The molecule has 2 aromatic rings. The molecule has 18 heavy (non-hydrogen) atoms. The van der Waals surface area contributed by atoms with Gasteiger partial charge in [-0.05, 0) is 42.7 Å². The van der Waals surface area contributed by atoms with Crippen LogP contribution in [0.2, 0.25) is 5.02 Å². The summed E-state index contributed by atoms with van der Waals surface area (Å²) in [5.74, 6) is 0. The minimum absolute atomic E-state index is 0.0264. The number of nitrogens with two attached hydrogens (primary N) is 1. The molecular weight excluding hydrogens is 262 g/mol. The highest BCUT2D eigenvalue weighted by molar-refractivity contribution is 7.11. The minimum atomic E-state index is -0.0264. The molecule has 1 unspecified atom stereocenters. The van der Waals surface area contributed by atoms with Gasteiger partial charge in [0.2, 0.25) is 0 Å². The Hall–Kier alpha value is -0.830. The van der Waals surface area contributed by atoms with Gasteiger partial charge >= 0.3 is 0 Å². The molecule has 0 aliphatic heterocycles. The molecule has 0 saturated carbocycles. The van der Waals surface area contributed by atoms with Crippen molar-refractivity contribution in [2.24, 2.45) is 5.73 Å². The minimum Gasteiger partial charge on any atom is -0.324 e. The highest BCUT2D eigenvalue weighted by atomic mass is 35.5. The molecule has 1 atom stereocenters. The van der Waals surface area contributed by atoms with Crippen LogP contribution in [0.3, 0.4) is 0 Å². The molecule has 0 radical (unpaired) electrons. The molecule has 1 aromatic carbocycles. The number of hydrogen-bond acceptors (Lipinski definition) is 2. The molecule has 0 aliphatic rings. The average molecular weight is 280 g/mol. The van der Waals surface area contributed by atoms with E-state index in [4.69, 9.17) is 17.3 Å². The quantitative estimate of drug-likeness (QED) is 0.875. The molecule has 0 saturated heterocycles. The molecule has 1 nitrogen and oxygen atoms in total. The lowest BCUT2D eigenvalue weighted by Gasteiger charge is -2.13. The van der Waals surface area contributed by atoms with Gasteiger partial charge < -0.3 is 5.73 Å². The lowest BCUT2D eigenvalue weighted by molar-refractivity contribution is 0.730. The van der Waals surface area contributed by atoms with Crippen molar-refractivity contribution in [1.82, 2.24) is 0 Å². The topological polar surface area (TPSA) is 26.0 Å². The first-order chi connectivity index (χ1) is 8.60. The Morgan fingerprint density at radius 1 is 1.22 bits per heavy atom. The maximum absolute atomic E-state index is 6.25. The first kappa shape index (κ1) is 13.6. The Balaban J connectivity index is 2.13. The summed E-state index contributed by atoms with van der Waals surface area (Å²) in [6.45, 7) is 4.21. The molecular formula is C15H18ClNS. The highest BCUT2D eigenvalue weighted by Gasteiger charge is 2.12. The zero-order valence-electron chi connectivity index (χ0n) is 10.7. The Morgan fingerprint density at radius 2 is 1.94 bits per heavy atom. The largest absolute Gasteiger partial charge is 0.324 e. The lowest BCUT2D eigenvalue weighted by Crippen LogP contribution is -2.13. The van der Waals surface area contributed by atoms with Crippen LogP contribution in [0, 0.1) is 6.92 Å². The zero-order chi connectivity index (χ0) is 13.1. The fourth-order valence-electron chi connectivity index (χ4n) is 1.98. The molecule has 2 N–H and O–H groups in total. The highest BCUT2D eigenvalue weighted by Crippen LogP contribution is 2.27. The van der Waals surface area contributed by atoms with Gasteiger partial charge in [-0.15, -0.1) is 11.3 Å². The molecule has 96 valence electrons. The molecule has 1 aromatic heterocycles. The van der Waals surface area contributed by atoms with E-state index in [0.717, 1.165) is 23.4 Å². The second-order valence-electron chi connectivity index (χ2n) is 4.56. The van der Waals surface area contributed by atoms with E-state index in [1.54, 1.807) is 0 Å². The van der Waals surface area contributed by atoms with Crippen molar-refractivity contribution >= 4 is 22.9 Å². The number of rotatable bonds is 4. The van der Waals surface area contributed by atoms with Crippen molar-refractivity contribution in [2.75, 3.05) is 0 Å². The predicted octanol–water partition coefficient (Wildman–Crippen LogP) is 4.51. The Kier molecular flexibility index (Phi) is 4.44. The summed E-state index contributed by atoms with van der Waals surface area (Å²) in [5, 5.41) is 0.773. The molecule has 0 spiro atoms. The maximum Gasteiger partial charge on any atom is 0.0456 e. The third-order valence-electron chi connectivity index (χ3n) is 3.04. The molecule has 0 fully saturated rings. The summed E-state index contributed by atoms with van der Waals surface area (Å²) in [6, 6.07) is 10.4. The van der Waals surface area contributed by atoms with Crippen LogP contribution in [0.4, 0.5) is 0 Å². The first-order valence-electron chi connectivity index (χ1n) is 6.19. The number of hydrogen-bond donors (Lipinski definition) is 1. The van der Waals surface area contributed by atoms with E-state index >= 15 is 0 Å². The smallest absolute Gasteiger partial charge is 0.0456 e. The third-order valence-corrected chi connectivity index (χ3v) is 4.62. The van der Waals surface area contributed by atoms with Crippen LogP contribution in [0.1, 0.15) is 33.8 Å². The van der Waals surface area contributed by atoms with Gasteiger partial charge in [0.15, 0.2) is 0 Å². The van der Waals surface area contributed by atoms with Gasteiger partial charge in [-0.2, -0.15) is 0 Å². The van der Waals surface area contributed by atoms with E-state index in [1.807, 2.05) is 30.4 Å². The summed E-state index contributed by atoms with van der Waals surface area (Å²) in [6.07, 6.45) is 1.94. The fraction of sp³-hybridized carbons (Fsp3) is 0.333. The van der Waals surface area contributed by atoms with Gasteiger partial charge in [-0.25, -0.2) is 0 Å². The molecule has 1 heterocycles. The Morgan fingerprint density at radius 3 is 2.56 bits per heavy atom. The number of halogens is 1. The fourth-order valence-corrected chi connectivity index (χ4v) is 3.37. The second kappa shape index (κ2) is 5.87. The number of aryl methyl sites for hydroxylation is 2. The molecule has 2 rings (SSSR count). The average Bonchev–Trinajstić information content (AvgIpc) is 2.76. The van der Waals surface area contributed by atoms with Crippen molar-refractivity contribution in [3.63, 3.8) is 0 Å². The molecule has 0 aliphatic carbocycles. The monoisotopic (exact) mass is 279 g/mol. The van der Waals surface area contributed by atoms with Crippen LogP contribution in [0.25, 0.3) is 0 Å². The Bertz CT molecular complexity index is 533. The number of benzene rings is 1.